The number of halogens is 1. The number of likely N-dealkylation sites (tertiary alicyclic amines) is 1. The molecule has 0 N–H and O–H groups in total. The number of hydrogen-bond acceptors (Lipinski definition) is 6. The maximum atomic E-state index is 13.3. The molecule has 2 atom stereocenters. The summed E-state index contributed by atoms with van der Waals surface area (Å²) in [7, 11) is 0. The van der Waals surface area contributed by atoms with Gasteiger partial charge in [-0.05, 0) is 29.8 Å². The van der Waals surface area contributed by atoms with Crippen LogP contribution in [0.2, 0.25) is 5.02 Å². The van der Waals surface area contributed by atoms with Crippen LogP contribution in [0, 0.1) is 11.8 Å². The molecule has 2 aliphatic heterocycles. The Morgan fingerprint density at radius 3 is 2.15 bits per heavy atom. The quantitative estimate of drug-likeness (QED) is 0.452. The molecule has 0 aliphatic carbocycles. The zero-order chi connectivity index (χ0) is 23.1. The average Bonchev–Trinajstić information content (AvgIpc) is 3.61. The van der Waals surface area contributed by atoms with Crippen LogP contribution in [0.15, 0.2) is 73.3 Å². The van der Waals surface area contributed by atoms with Crippen LogP contribution in [0.25, 0.3) is 16.8 Å². The molecule has 0 spiro atoms. The van der Waals surface area contributed by atoms with Gasteiger partial charge in [0.2, 0.25) is 5.95 Å². The van der Waals surface area contributed by atoms with E-state index in [0.717, 1.165) is 43.3 Å². The summed E-state index contributed by atoms with van der Waals surface area (Å²) in [6, 6.07) is 15.1. The summed E-state index contributed by atoms with van der Waals surface area (Å²) in [4.78, 5) is 28.3. The number of carbonyl (C=O) groups is 1. The van der Waals surface area contributed by atoms with Crippen LogP contribution < -0.4 is 4.90 Å². The molecule has 2 fully saturated rings. The number of amides is 1. The van der Waals surface area contributed by atoms with E-state index in [1.54, 1.807) is 12.4 Å². The van der Waals surface area contributed by atoms with Crippen molar-refractivity contribution in [3.8, 4) is 16.8 Å². The molecule has 4 aromatic rings. The van der Waals surface area contributed by atoms with Crippen LogP contribution in [0.3, 0.4) is 0 Å². The van der Waals surface area contributed by atoms with Crippen molar-refractivity contribution in [2.75, 3.05) is 31.1 Å². The van der Waals surface area contributed by atoms with Crippen molar-refractivity contribution in [1.29, 1.82) is 0 Å². The largest absolute Gasteiger partial charge is 0.340 e. The fourth-order valence-corrected chi connectivity index (χ4v) is 5.06. The summed E-state index contributed by atoms with van der Waals surface area (Å²) in [6.07, 6.45) is 6.94. The first-order valence-electron chi connectivity index (χ1n) is 11.2. The Kier molecular flexibility index (Phi) is 5.22. The smallest absolute Gasteiger partial charge is 0.256 e. The molecule has 6 rings (SSSR count). The van der Waals surface area contributed by atoms with Crippen molar-refractivity contribution in [1.82, 2.24) is 29.9 Å². The molecule has 9 heteroatoms. The number of aromatic nitrogens is 5. The molecule has 0 saturated carbocycles. The molecule has 170 valence electrons. The topological polar surface area (TPSA) is 80.0 Å². The van der Waals surface area contributed by atoms with Gasteiger partial charge in [-0.25, -0.2) is 9.97 Å². The second-order valence-corrected chi connectivity index (χ2v) is 9.19. The zero-order valence-electron chi connectivity index (χ0n) is 18.3. The molecule has 1 amide bonds. The van der Waals surface area contributed by atoms with Crippen molar-refractivity contribution in [2.24, 2.45) is 11.8 Å². The lowest BCUT2D eigenvalue weighted by Crippen LogP contribution is -2.34. The summed E-state index contributed by atoms with van der Waals surface area (Å²) in [5.41, 5.74) is 3.32. The van der Waals surface area contributed by atoms with E-state index in [9.17, 15) is 4.79 Å². The van der Waals surface area contributed by atoms with Gasteiger partial charge in [-0.2, -0.15) is 15.0 Å². The highest BCUT2D eigenvalue weighted by Gasteiger charge is 2.42. The number of hydrogen-bond donors (Lipinski definition) is 0. The SMILES string of the molecule is O=C(c1ccccc1-n1nccn1)N1CC2CN(c3ncc(-c4ccc(Cl)cc4)cn3)CC2C1. The fourth-order valence-electron chi connectivity index (χ4n) is 4.94. The number of para-hydroxylation sites is 1. The van der Waals surface area contributed by atoms with E-state index in [1.165, 1.54) is 4.80 Å². The second kappa shape index (κ2) is 8.53. The van der Waals surface area contributed by atoms with Gasteiger partial charge in [0.15, 0.2) is 0 Å². The minimum atomic E-state index is 0.0254. The molecular formula is C25H22ClN7O. The van der Waals surface area contributed by atoms with Gasteiger partial charge in [-0.15, -0.1) is 0 Å². The minimum absolute atomic E-state index is 0.0254. The standard InChI is InChI=1S/C25H22ClN7O/c26-21-7-5-17(6-8-21)18-11-27-25(28-12-18)32-15-19-13-31(14-20(19)16-32)24(34)22-3-1-2-4-23(22)33-29-9-10-30-33/h1-12,19-20H,13-16H2. The van der Waals surface area contributed by atoms with E-state index >= 15 is 0 Å². The molecule has 2 saturated heterocycles. The number of fused-ring (bicyclic) bond motifs is 1. The van der Waals surface area contributed by atoms with Gasteiger partial charge in [0, 0.05) is 61.0 Å². The predicted molar refractivity (Wildman–Crippen MR) is 129 cm³/mol. The lowest BCUT2D eigenvalue weighted by atomic mass is 10.0. The maximum Gasteiger partial charge on any atom is 0.256 e. The molecule has 0 bridgehead atoms. The Bertz CT molecular complexity index is 1290. The Morgan fingerprint density at radius 2 is 1.47 bits per heavy atom. The highest BCUT2D eigenvalue weighted by atomic mass is 35.5. The number of rotatable bonds is 4. The Hall–Kier alpha value is -3.78. The number of nitrogens with zero attached hydrogens (tertiary/aromatic N) is 7. The third kappa shape index (κ3) is 3.80. The third-order valence-corrected chi connectivity index (χ3v) is 6.89. The lowest BCUT2D eigenvalue weighted by molar-refractivity contribution is 0.0782. The fraction of sp³-hybridized carbons (Fsp3) is 0.240. The van der Waals surface area contributed by atoms with E-state index < -0.39 is 0 Å². The molecule has 2 aromatic heterocycles. The molecule has 2 aromatic carbocycles. The van der Waals surface area contributed by atoms with Crippen LogP contribution in [-0.4, -0.2) is 61.9 Å². The number of benzene rings is 2. The zero-order valence-corrected chi connectivity index (χ0v) is 19.1. The molecular weight excluding hydrogens is 450 g/mol. The summed E-state index contributed by atoms with van der Waals surface area (Å²) >= 11 is 5.98. The maximum absolute atomic E-state index is 13.3. The lowest BCUT2D eigenvalue weighted by Gasteiger charge is -2.22. The summed E-state index contributed by atoms with van der Waals surface area (Å²) in [5.74, 6) is 1.56. The van der Waals surface area contributed by atoms with Gasteiger partial charge < -0.3 is 9.80 Å². The third-order valence-electron chi connectivity index (χ3n) is 6.64. The summed E-state index contributed by atoms with van der Waals surface area (Å²) in [6.45, 7) is 3.14. The monoisotopic (exact) mass is 471 g/mol. The first kappa shape index (κ1) is 20.8. The van der Waals surface area contributed by atoms with Crippen LogP contribution in [0.4, 0.5) is 5.95 Å². The van der Waals surface area contributed by atoms with E-state index in [2.05, 4.69) is 25.1 Å². The van der Waals surface area contributed by atoms with Crippen molar-refractivity contribution >= 4 is 23.5 Å². The Morgan fingerprint density at radius 1 is 0.824 bits per heavy atom. The summed E-state index contributed by atoms with van der Waals surface area (Å²) < 4.78 is 0. The minimum Gasteiger partial charge on any atom is -0.340 e. The van der Waals surface area contributed by atoms with Gasteiger partial charge in [0.05, 0.1) is 23.6 Å². The second-order valence-electron chi connectivity index (χ2n) is 8.75. The van der Waals surface area contributed by atoms with Gasteiger partial charge in [0.1, 0.15) is 0 Å². The van der Waals surface area contributed by atoms with Gasteiger partial charge in [0.25, 0.3) is 5.91 Å². The van der Waals surface area contributed by atoms with Gasteiger partial charge >= 0.3 is 0 Å². The summed E-state index contributed by atoms with van der Waals surface area (Å²) in [5, 5.41) is 9.10. The van der Waals surface area contributed by atoms with Gasteiger partial charge in [-0.3, -0.25) is 4.79 Å². The first-order valence-corrected chi connectivity index (χ1v) is 11.6. The van der Waals surface area contributed by atoms with E-state index in [0.29, 0.717) is 28.1 Å². The molecule has 2 unspecified atom stereocenters. The van der Waals surface area contributed by atoms with Crippen LogP contribution in [-0.2, 0) is 0 Å². The molecule has 8 nitrogen and oxygen atoms in total. The molecule has 34 heavy (non-hydrogen) atoms. The normalized spacial score (nSPS) is 19.4. The van der Waals surface area contributed by atoms with E-state index in [1.807, 2.05) is 65.8 Å². The van der Waals surface area contributed by atoms with Crippen LogP contribution in [0.5, 0.6) is 0 Å². The Balaban J connectivity index is 1.13. The molecule has 0 radical (unpaired) electrons. The van der Waals surface area contributed by atoms with Crippen LogP contribution >= 0.6 is 11.6 Å². The van der Waals surface area contributed by atoms with Crippen molar-refractivity contribution < 1.29 is 4.79 Å². The van der Waals surface area contributed by atoms with Gasteiger partial charge in [-0.1, -0.05) is 35.9 Å². The van der Waals surface area contributed by atoms with Crippen molar-refractivity contribution in [3.05, 3.63) is 83.9 Å². The highest BCUT2D eigenvalue weighted by molar-refractivity contribution is 6.30. The molecule has 2 aliphatic rings. The number of anilines is 1. The predicted octanol–water partition coefficient (Wildman–Crippen LogP) is 3.59. The van der Waals surface area contributed by atoms with E-state index in [4.69, 9.17) is 11.6 Å². The Labute approximate surface area is 201 Å². The van der Waals surface area contributed by atoms with E-state index in [-0.39, 0.29) is 5.91 Å². The highest BCUT2D eigenvalue weighted by Crippen LogP contribution is 2.34. The molecule has 4 heterocycles. The average molecular weight is 472 g/mol. The van der Waals surface area contributed by atoms with Crippen molar-refractivity contribution in [2.45, 2.75) is 0 Å². The number of carbonyl (C=O) groups excluding carboxylic acids is 1. The van der Waals surface area contributed by atoms with Crippen molar-refractivity contribution in [3.63, 3.8) is 0 Å². The first-order chi connectivity index (χ1) is 16.7. The van der Waals surface area contributed by atoms with Crippen LogP contribution in [0.1, 0.15) is 10.4 Å².